The summed E-state index contributed by atoms with van der Waals surface area (Å²) in [4.78, 5) is 17.7. The lowest BCUT2D eigenvalue weighted by Crippen LogP contribution is -2.27. The van der Waals surface area contributed by atoms with E-state index in [1.165, 1.54) is 0 Å². The van der Waals surface area contributed by atoms with Crippen LogP contribution in [0.4, 0.5) is 5.69 Å². The number of nitrogen functional groups attached to an aromatic ring is 1. The SMILES string of the molecule is Cc1cnc(C(C)NC(=O)c2cc3c(cc2N)OCO3)s1. The molecule has 2 aromatic rings. The number of fused-ring (bicyclic) bond motifs is 1. The number of carbonyl (C=O) groups excluding carboxylic acids is 1. The molecule has 1 atom stereocenters. The van der Waals surface area contributed by atoms with E-state index in [0.29, 0.717) is 22.7 Å². The van der Waals surface area contributed by atoms with Gasteiger partial charge in [0.1, 0.15) is 5.01 Å². The largest absolute Gasteiger partial charge is 0.454 e. The lowest BCUT2D eigenvalue weighted by Gasteiger charge is -2.13. The predicted octanol–water partition coefficient (Wildman–Crippen LogP) is 2.25. The lowest BCUT2D eigenvalue weighted by atomic mass is 10.1. The maximum atomic E-state index is 12.3. The van der Waals surface area contributed by atoms with Crippen LogP contribution in [0.25, 0.3) is 0 Å². The summed E-state index contributed by atoms with van der Waals surface area (Å²) in [5, 5.41) is 3.75. The first-order valence-corrected chi connectivity index (χ1v) is 7.28. The highest BCUT2D eigenvalue weighted by molar-refractivity contribution is 7.11. The summed E-state index contributed by atoms with van der Waals surface area (Å²) in [6.07, 6.45) is 1.79. The highest BCUT2D eigenvalue weighted by Crippen LogP contribution is 2.36. The van der Waals surface area contributed by atoms with Crippen molar-refractivity contribution in [2.75, 3.05) is 12.5 Å². The second-order valence-corrected chi connectivity index (χ2v) is 6.06. The van der Waals surface area contributed by atoms with Crippen LogP contribution >= 0.6 is 11.3 Å². The summed E-state index contributed by atoms with van der Waals surface area (Å²) in [5.41, 5.74) is 6.64. The van der Waals surface area contributed by atoms with Crippen LogP contribution in [-0.2, 0) is 0 Å². The van der Waals surface area contributed by atoms with E-state index in [2.05, 4.69) is 10.3 Å². The lowest BCUT2D eigenvalue weighted by molar-refractivity contribution is 0.0940. The third-order valence-electron chi connectivity index (χ3n) is 3.15. The van der Waals surface area contributed by atoms with Gasteiger partial charge in [-0.05, 0) is 19.9 Å². The molecule has 0 bridgehead atoms. The van der Waals surface area contributed by atoms with Crippen LogP contribution in [-0.4, -0.2) is 17.7 Å². The molecule has 1 aromatic heterocycles. The zero-order valence-corrected chi connectivity index (χ0v) is 12.5. The van der Waals surface area contributed by atoms with Gasteiger partial charge in [0.2, 0.25) is 6.79 Å². The maximum Gasteiger partial charge on any atom is 0.254 e. The van der Waals surface area contributed by atoms with Gasteiger partial charge in [-0.1, -0.05) is 0 Å². The van der Waals surface area contributed by atoms with E-state index in [1.807, 2.05) is 13.8 Å². The van der Waals surface area contributed by atoms with Crippen LogP contribution in [0.2, 0.25) is 0 Å². The minimum absolute atomic E-state index is 0.147. The monoisotopic (exact) mass is 305 g/mol. The minimum Gasteiger partial charge on any atom is -0.454 e. The highest BCUT2D eigenvalue weighted by atomic mass is 32.1. The fourth-order valence-corrected chi connectivity index (χ4v) is 2.84. The van der Waals surface area contributed by atoms with Gasteiger partial charge >= 0.3 is 0 Å². The standard InChI is InChI=1S/C14H15N3O3S/c1-7-5-16-14(21-7)8(2)17-13(18)9-3-11-12(4-10(9)15)20-6-19-11/h3-5,8H,6,15H2,1-2H3,(H,17,18). The van der Waals surface area contributed by atoms with Crippen molar-refractivity contribution >= 4 is 22.9 Å². The highest BCUT2D eigenvalue weighted by Gasteiger charge is 2.21. The number of hydrogen-bond acceptors (Lipinski definition) is 6. The van der Waals surface area contributed by atoms with Crippen molar-refractivity contribution in [1.82, 2.24) is 10.3 Å². The normalized spacial score (nSPS) is 14.0. The average Bonchev–Trinajstić information content (AvgIpc) is 3.05. The van der Waals surface area contributed by atoms with Crippen molar-refractivity contribution in [1.29, 1.82) is 0 Å². The van der Waals surface area contributed by atoms with Gasteiger partial charge in [0.05, 0.1) is 11.6 Å². The smallest absolute Gasteiger partial charge is 0.254 e. The molecular weight excluding hydrogens is 290 g/mol. The van der Waals surface area contributed by atoms with Crippen LogP contribution in [0.5, 0.6) is 11.5 Å². The van der Waals surface area contributed by atoms with Gasteiger partial charge in [0.15, 0.2) is 11.5 Å². The molecule has 6 nitrogen and oxygen atoms in total. The number of nitrogens with two attached hydrogens (primary N) is 1. The first kappa shape index (κ1) is 13.7. The number of rotatable bonds is 3. The molecule has 1 aliphatic rings. The molecule has 3 N–H and O–H groups in total. The van der Waals surface area contributed by atoms with Gasteiger partial charge in [-0.3, -0.25) is 4.79 Å². The summed E-state index contributed by atoms with van der Waals surface area (Å²) in [6.45, 7) is 4.01. The van der Waals surface area contributed by atoms with E-state index in [1.54, 1.807) is 29.7 Å². The number of anilines is 1. The fourth-order valence-electron chi connectivity index (χ4n) is 2.06. The van der Waals surface area contributed by atoms with Gasteiger partial charge in [-0.25, -0.2) is 4.98 Å². The van der Waals surface area contributed by atoms with Crippen molar-refractivity contribution in [3.05, 3.63) is 33.8 Å². The molecule has 1 amide bonds. The second-order valence-electron chi connectivity index (χ2n) is 4.80. The number of carbonyl (C=O) groups is 1. The number of aromatic nitrogens is 1. The molecule has 0 fully saturated rings. The molecule has 1 unspecified atom stereocenters. The van der Waals surface area contributed by atoms with Crippen molar-refractivity contribution in [2.45, 2.75) is 19.9 Å². The van der Waals surface area contributed by atoms with Gasteiger partial charge < -0.3 is 20.5 Å². The Balaban J connectivity index is 1.79. The zero-order chi connectivity index (χ0) is 15.0. The third kappa shape index (κ3) is 2.64. The topological polar surface area (TPSA) is 86.5 Å². The second kappa shape index (κ2) is 5.25. The Labute approximate surface area is 125 Å². The quantitative estimate of drug-likeness (QED) is 0.849. The molecule has 3 rings (SSSR count). The molecule has 0 aliphatic carbocycles. The Morgan fingerprint density at radius 3 is 2.81 bits per heavy atom. The molecule has 110 valence electrons. The average molecular weight is 305 g/mol. The number of nitrogens with one attached hydrogen (secondary N) is 1. The van der Waals surface area contributed by atoms with Crippen molar-refractivity contribution < 1.29 is 14.3 Å². The van der Waals surface area contributed by atoms with Crippen molar-refractivity contribution in [2.24, 2.45) is 0 Å². The van der Waals surface area contributed by atoms with Crippen LogP contribution < -0.4 is 20.5 Å². The third-order valence-corrected chi connectivity index (χ3v) is 4.24. The fraction of sp³-hybridized carbons (Fsp3) is 0.286. The first-order chi connectivity index (χ1) is 10.0. The number of benzene rings is 1. The molecular formula is C14H15N3O3S. The predicted molar refractivity (Wildman–Crippen MR) is 79.7 cm³/mol. The molecule has 7 heteroatoms. The van der Waals surface area contributed by atoms with Crippen molar-refractivity contribution in [3.8, 4) is 11.5 Å². The molecule has 0 saturated carbocycles. The number of thiazole rings is 1. The van der Waals surface area contributed by atoms with Crippen LogP contribution in [0.1, 0.15) is 33.2 Å². The van der Waals surface area contributed by atoms with Crippen LogP contribution in [0.3, 0.4) is 0 Å². The Bertz CT molecular complexity index is 699. The van der Waals surface area contributed by atoms with E-state index >= 15 is 0 Å². The Hall–Kier alpha value is -2.28. The summed E-state index contributed by atoms with van der Waals surface area (Å²) in [7, 11) is 0. The number of amides is 1. The number of ether oxygens (including phenoxy) is 2. The van der Waals surface area contributed by atoms with Gasteiger partial charge in [-0.2, -0.15) is 0 Å². The summed E-state index contributed by atoms with van der Waals surface area (Å²) in [5.74, 6) is 0.839. The molecule has 2 heterocycles. The summed E-state index contributed by atoms with van der Waals surface area (Å²) in [6, 6.07) is 3.03. The summed E-state index contributed by atoms with van der Waals surface area (Å²) >= 11 is 1.56. The molecule has 1 aromatic carbocycles. The van der Waals surface area contributed by atoms with Gasteiger partial charge in [-0.15, -0.1) is 11.3 Å². The molecule has 0 radical (unpaired) electrons. The Kier molecular flexibility index (Phi) is 3.42. The van der Waals surface area contributed by atoms with E-state index in [0.717, 1.165) is 9.88 Å². The zero-order valence-electron chi connectivity index (χ0n) is 11.7. The number of aryl methyl sites for hydroxylation is 1. The van der Waals surface area contributed by atoms with E-state index in [-0.39, 0.29) is 18.7 Å². The molecule has 0 saturated heterocycles. The van der Waals surface area contributed by atoms with Crippen LogP contribution in [0.15, 0.2) is 18.3 Å². The molecule has 21 heavy (non-hydrogen) atoms. The molecule has 1 aliphatic heterocycles. The molecule has 0 spiro atoms. The number of nitrogens with zero attached hydrogens (tertiary/aromatic N) is 1. The van der Waals surface area contributed by atoms with Gasteiger partial charge in [0.25, 0.3) is 5.91 Å². The van der Waals surface area contributed by atoms with E-state index in [4.69, 9.17) is 15.2 Å². The van der Waals surface area contributed by atoms with E-state index < -0.39 is 0 Å². The first-order valence-electron chi connectivity index (χ1n) is 6.47. The van der Waals surface area contributed by atoms with Crippen LogP contribution in [0, 0.1) is 6.92 Å². The minimum atomic E-state index is -0.258. The van der Waals surface area contributed by atoms with Gasteiger partial charge in [0, 0.05) is 22.8 Å². The Morgan fingerprint density at radius 2 is 2.14 bits per heavy atom. The number of hydrogen-bond donors (Lipinski definition) is 2. The van der Waals surface area contributed by atoms with Crippen molar-refractivity contribution in [3.63, 3.8) is 0 Å². The van der Waals surface area contributed by atoms with E-state index in [9.17, 15) is 4.79 Å². The maximum absolute atomic E-state index is 12.3. The Morgan fingerprint density at radius 1 is 1.43 bits per heavy atom. The summed E-state index contributed by atoms with van der Waals surface area (Å²) < 4.78 is 10.5.